The second-order valence-corrected chi connectivity index (χ2v) is 4.13. The summed E-state index contributed by atoms with van der Waals surface area (Å²) < 4.78 is 23.5. The average molecular weight is 270 g/mol. The van der Waals surface area contributed by atoms with Crippen molar-refractivity contribution in [2.45, 2.75) is 6.10 Å². The third-order valence-corrected chi connectivity index (χ3v) is 2.85. The quantitative estimate of drug-likeness (QED) is 0.794. The van der Waals surface area contributed by atoms with Crippen LogP contribution in [0.5, 0.6) is 5.75 Å². The molecule has 0 fully saturated rings. The molecule has 0 radical (unpaired) electrons. The van der Waals surface area contributed by atoms with Crippen LogP contribution in [-0.4, -0.2) is 14.2 Å². The fourth-order valence-electron chi connectivity index (χ4n) is 1.83. The lowest BCUT2D eigenvalue weighted by atomic mass is 10.1. The lowest BCUT2D eigenvalue weighted by Crippen LogP contribution is -2.01. The normalized spacial score (nSPS) is 11.3. The Morgan fingerprint density at radius 1 is 1.00 bits per heavy atom. The van der Waals surface area contributed by atoms with Gasteiger partial charge in [-0.1, -0.05) is 30.0 Å². The van der Waals surface area contributed by atoms with Gasteiger partial charge in [-0.15, -0.1) is 0 Å². The number of halogens is 1. The van der Waals surface area contributed by atoms with Gasteiger partial charge in [-0.05, 0) is 30.3 Å². The second-order valence-electron chi connectivity index (χ2n) is 4.13. The molecule has 3 heteroatoms. The molecule has 0 aromatic heterocycles. The summed E-state index contributed by atoms with van der Waals surface area (Å²) in [5, 5.41) is 0. The van der Waals surface area contributed by atoms with Crippen LogP contribution >= 0.6 is 0 Å². The molecule has 0 aliphatic heterocycles. The molecule has 0 saturated heterocycles. The predicted molar refractivity (Wildman–Crippen MR) is 76.0 cm³/mol. The number of para-hydroxylation sites is 1. The van der Waals surface area contributed by atoms with Crippen LogP contribution in [0, 0.1) is 17.7 Å². The van der Waals surface area contributed by atoms with Gasteiger partial charge in [0.2, 0.25) is 0 Å². The molecule has 0 N–H and O–H groups in total. The first-order chi connectivity index (χ1) is 9.74. The molecule has 0 aliphatic rings. The second kappa shape index (κ2) is 6.74. The van der Waals surface area contributed by atoms with Gasteiger partial charge in [0, 0.05) is 18.2 Å². The molecule has 0 heterocycles. The maximum atomic E-state index is 12.8. The summed E-state index contributed by atoms with van der Waals surface area (Å²) in [6.45, 7) is 0. The molecule has 20 heavy (non-hydrogen) atoms. The minimum Gasteiger partial charge on any atom is -0.496 e. The van der Waals surface area contributed by atoms with E-state index in [2.05, 4.69) is 11.8 Å². The first-order valence-corrected chi connectivity index (χ1v) is 6.17. The highest BCUT2D eigenvalue weighted by molar-refractivity contribution is 5.42. The highest BCUT2D eigenvalue weighted by Crippen LogP contribution is 2.26. The zero-order chi connectivity index (χ0) is 14.4. The van der Waals surface area contributed by atoms with Crippen molar-refractivity contribution in [3.63, 3.8) is 0 Å². The number of methoxy groups -OCH3 is 2. The lowest BCUT2D eigenvalue weighted by molar-refractivity contribution is 0.147. The topological polar surface area (TPSA) is 18.5 Å². The Morgan fingerprint density at radius 3 is 2.35 bits per heavy atom. The van der Waals surface area contributed by atoms with E-state index in [1.54, 1.807) is 26.4 Å². The Kier molecular flexibility index (Phi) is 4.75. The van der Waals surface area contributed by atoms with E-state index in [9.17, 15) is 4.39 Å². The van der Waals surface area contributed by atoms with Crippen LogP contribution in [0.2, 0.25) is 0 Å². The number of ether oxygens (including phenoxy) is 2. The molecular formula is C17H15FO2. The largest absolute Gasteiger partial charge is 0.496 e. The van der Waals surface area contributed by atoms with Crippen LogP contribution in [-0.2, 0) is 4.74 Å². The van der Waals surface area contributed by atoms with Gasteiger partial charge in [0.25, 0.3) is 0 Å². The zero-order valence-electron chi connectivity index (χ0n) is 11.4. The summed E-state index contributed by atoms with van der Waals surface area (Å²) >= 11 is 0. The van der Waals surface area contributed by atoms with Crippen molar-refractivity contribution in [3.05, 3.63) is 65.5 Å². The number of benzene rings is 2. The summed E-state index contributed by atoms with van der Waals surface area (Å²) in [5.74, 6) is 6.45. The monoisotopic (exact) mass is 270 g/mol. The third-order valence-electron chi connectivity index (χ3n) is 2.85. The van der Waals surface area contributed by atoms with Crippen LogP contribution in [0.15, 0.2) is 48.5 Å². The van der Waals surface area contributed by atoms with Gasteiger partial charge >= 0.3 is 0 Å². The zero-order valence-corrected chi connectivity index (χ0v) is 11.4. The van der Waals surface area contributed by atoms with E-state index in [-0.39, 0.29) is 5.82 Å². The molecule has 0 bridgehead atoms. The van der Waals surface area contributed by atoms with Crippen molar-refractivity contribution >= 4 is 0 Å². The minimum atomic E-state index is -0.392. The van der Waals surface area contributed by atoms with Gasteiger partial charge < -0.3 is 9.47 Å². The fourth-order valence-corrected chi connectivity index (χ4v) is 1.83. The van der Waals surface area contributed by atoms with Crippen LogP contribution in [0.1, 0.15) is 17.2 Å². The molecule has 0 amide bonds. The Hall–Kier alpha value is -2.31. The molecule has 1 atom stereocenters. The van der Waals surface area contributed by atoms with Gasteiger partial charge in [0.1, 0.15) is 17.7 Å². The van der Waals surface area contributed by atoms with Gasteiger partial charge in [-0.3, -0.25) is 0 Å². The summed E-state index contributed by atoms with van der Waals surface area (Å²) in [7, 11) is 3.20. The smallest absolute Gasteiger partial charge is 0.146 e. The SMILES string of the molecule is COc1ccccc1C(C#Cc1ccc(F)cc1)OC. The number of hydrogen-bond donors (Lipinski definition) is 0. The van der Waals surface area contributed by atoms with Crippen molar-refractivity contribution in [2.24, 2.45) is 0 Å². The van der Waals surface area contributed by atoms with Crippen LogP contribution in [0.4, 0.5) is 4.39 Å². The summed E-state index contributed by atoms with van der Waals surface area (Å²) in [6.07, 6.45) is -0.392. The number of rotatable bonds is 3. The van der Waals surface area contributed by atoms with Gasteiger partial charge in [-0.25, -0.2) is 4.39 Å². The maximum absolute atomic E-state index is 12.8. The first-order valence-electron chi connectivity index (χ1n) is 6.17. The molecule has 0 aliphatic carbocycles. The van der Waals surface area contributed by atoms with Crippen molar-refractivity contribution in [2.75, 3.05) is 14.2 Å². The molecular weight excluding hydrogens is 255 g/mol. The lowest BCUT2D eigenvalue weighted by Gasteiger charge is -2.13. The van der Waals surface area contributed by atoms with Crippen molar-refractivity contribution in [1.29, 1.82) is 0 Å². The maximum Gasteiger partial charge on any atom is 0.146 e. The van der Waals surface area contributed by atoms with Crippen LogP contribution < -0.4 is 4.74 Å². The van der Waals surface area contributed by atoms with E-state index in [4.69, 9.17) is 9.47 Å². The summed E-state index contributed by atoms with van der Waals surface area (Å²) in [4.78, 5) is 0. The third kappa shape index (κ3) is 3.37. The standard InChI is InChI=1S/C17H15FO2/c1-19-16-6-4-3-5-15(16)17(20-2)12-9-13-7-10-14(18)11-8-13/h3-8,10-11,17H,1-2H3. The summed E-state index contributed by atoms with van der Waals surface area (Å²) in [5.41, 5.74) is 1.61. The molecule has 2 aromatic carbocycles. The van der Waals surface area contributed by atoms with Gasteiger partial charge in [-0.2, -0.15) is 0 Å². The average Bonchev–Trinajstić information content (AvgIpc) is 2.50. The van der Waals surface area contributed by atoms with Gasteiger partial charge in [0.05, 0.1) is 7.11 Å². The van der Waals surface area contributed by atoms with E-state index < -0.39 is 6.10 Å². The van der Waals surface area contributed by atoms with E-state index in [0.29, 0.717) is 0 Å². The molecule has 102 valence electrons. The fraction of sp³-hybridized carbons (Fsp3) is 0.176. The molecule has 0 spiro atoms. The van der Waals surface area contributed by atoms with E-state index in [1.165, 1.54) is 12.1 Å². The highest BCUT2D eigenvalue weighted by Gasteiger charge is 2.12. The van der Waals surface area contributed by atoms with E-state index >= 15 is 0 Å². The predicted octanol–water partition coefficient (Wildman–Crippen LogP) is 3.57. The van der Waals surface area contributed by atoms with Crippen molar-refractivity contribution < 1.29 is 13.9 Å². The van der Waals surface area contributed by atoms with E-state index in [1.807, 2.05) is 24.3 Å². The van der Waals surface area contributed by atoms with Gasteiger partial charge in [0.15, 0.2) is 0 Å². The number of hydrogen-bond acceptors (Lipinski definition) is 2. The van der Waals surface area contributed by atoms with Crippen LogP contribution in [0.25, 0.3) is 0 Å². The summed E-state index contributed by atoms with van der Waals surface area (Å²) in [6, 6.07) is 13.6. The van der Waals surface area contributed by atoms with E-state index in [0.717, 1.165) is 16.9 Å². The van der Waals surface area contributed by atoms with Crippen LogP contribution in [0.3, 0.4) is 0 Å². The molecule has 2 rings (SSSR count). The Bertz CT molecular complexity index is 623. The Morgan fingerprint density at radius 2 is 1.70 bits per heavy atom. The van der Waals surface area contributed by atoms with Crippen molar-refractivity contribution in [3.8, 4) is 17.6 Å². The first kappa shape index (κ1) is 14.1. The Balaban J connectivity index is 2.28. The minimum absolute atomic E-state index is 0.274. The molecule has 2 nitrogen and oxygen atoms in total. The molecule has 1 unspecified atom stereocenters. The highest BCUT2D eigenvalue weighted by atomic mass is 19.1. The Labute approximate surface area is 118 Å². The molecule has 0 saturated carbocycles. The van der Waals surface area contributed by atoms with Crippen molar-refractivity contribution in [1.82, 2.24) is 0 Å². The molecule has 2 aromatic rings.